The van der Waals surface area contributed by atoms with Crippen LogP contribution in [0.2, 0.25) is 0 Å². The number of primary amides is 1. The maximum atomic E-state index is 10.9. The number of carbonyl (C=O) groups is 2. The number of Topliss-reactive ketones (excluding diaryl/α,β-unsaturated/α-hetero) is 1. The minimum Gasteiger partial charge on any atom is -0.366 e. The Labute approximate surface area is 129 Å². The SMILES string of the molecule is CC.CC.CC.CC(=O)C(N)Cc1ccc(C(N)=O)cc1. The second-order valence-electron chi connectivity index (χ2n) is 3.48. The molecular formula is C17H32N2O2. The molecule has 1 amide bonds. The van der Waals surface area contributed by atoms with Crippen LogP contribution in [0, 0.1) is 0 Å². The topological polar surface area (TPSA) is 86.2 Å². The van der Waals surface area contributed by atoms with Gasteiger partial charge in [-0.15, -0.1) is 0 Å². The summed E-state index contributed by atoms with van der Waals surface area (Å²) in [4.78, 5) is 21.7. The van der Waals surface area contributed by atoms with Crippen molar-refractivity contribution in [2.45, 2.75) is 60.9 Å². The summed E-state index contributed by atoms with van der Waals surface area (Å²) in [6.45, 7) is 13.5. The van der Waals surface area contributed by atoms with E-state index in [0.717, 1.165) is 5.56 Å². The first-order valence-corrected chi connectivity index (χ1v) is 7.65. The third-order valence-corrected chi connectivity index (χ3v) is 2.22. The van der Waals surface area contributed by atoms with Crippen molar-refractivity contribution in [2.75, 3.05) is 0 Å². The number of ketones is 1. The van der Waals surface area contributed by atoms with Crippen molar-refractivity contribution in [2.24, 2.45) is 11.5 Å². The number of hydrogen-bond donors (Lipinski definition) is 2. The van der Waals surface area contributed by atoms with Gasteiger partial charge in [0.15, 0.2) is 0 Å². The summed E-state index contributed by atoms with van der Waals surface area (Å²) in [5.41, 5.74) is 12.1. The summed E-state index contributed by atoms with van der Waals surface area (Å²) in [5, 5.41) is 0. The summed E-state index contributed by atoms with van der Waals surface area (Å²) in [7, 11) is 0. The Morgan fingerprint density at radius 1 is 0.952 bits per heavy atom. The molecule has 1 atom stereocenters. The predicted molar refractivity (Wildman–Crippen MR) is 91.4 cm³/mol. The van der Waals surface area contributed by atoms with Gasteiger partial charge in [-0.05, 0) is 31.0 Å². The van der Waals surface area contributed by atoms with Crippen molar-refractivity contribution >= 4 is 11.7 Å². The van der Waals surface area contributed by atoms with Gasteiger partial charge in [0.05, 0.1) is 6.04 Å². The van der Waals surface area contributed by atoms with Crippen LogP contribution in [0.1, 0.15) is 64.4 Å². The molecule has 0 saturated heterocycles. The molecule has 4 N–H and O–H groups in total. The van der Waals surface area contributed by atoms with Crippen LogP contribution in [0.3, 0.4) is 0 Å². The lowest BCUT2D eigenvalue weighted by Crippen LogP contribution is -2.30. The molecule has 4 heteroatoms. The molecule has 0 fully saturated rings. The summed E-state index contributed by atoms with van der Waals surface area (Å²) < 4.78 is 0. The Morgan fingerprint density at radius 3 is 1.62 bits per heavy atom. The van der Waals surface area contributed by atoms with E-state index >= 15 is 0 Å². The Bertz CT molecular complexity index is 373. The number of amides is 1. The first kappa shape index (κ1) is 24.3. The van der Waals surface area contributed by atoms with Gasteiger partial charge >= 0.3 is 0 Å². The molecule has 1 rings (SSSR count). The fourth-order valence-corrected chi connectivity index (χ4v) is 1.20. The molecule has 0 radical (unpaired) electrons. The Hall–Kier alpha value is -1.68. The molecule has 0 aromatic heterocycles. The van der Waals surface area contributed by atoms with Crippen molar-refractivity contribution in [1.29, 1.82) is 0 Å². The van der Waals surface area contributed by atoms with Gasteiger partial charge < -0.3 is 11.5 Å². The van der Waals surface area contributed by atoms with E-state index in [-0.39, 0.29) is 5.78 Å². The van der Waals surface area contributed by atoms with Gasteiger partial charge in [0, 0.05) is 5.56 Å². The summed E-state index contributed by atoms with van der Waals surface area (Å²) in [5.74, 6) is -0.508. The van der Waals surface area contributed by atoms with E-state index in [2.05, 4.69) is 0 Å². The Morgan fingerprint density at radius 2 is 1.33 bits per heavy atom. The van der Waals surface area contributed by atoms with Crippen molar-refractivity contribution in [3.63, 3.8) is 0 Å². The molecule has 0 spiro atoms. The molecule has 0 heterocycles. The minimum atomic E-state index is -0.482. The van der Waals surface area contributed by atoms with Crippen LogP contribution < -0.4 is 11.5 Å². The third kappa shape index (κ3) is 11.8. The van der Waals surface area contributed by atoms with Crippen LogP contribution in [0.15, 0.2) is 24.3 Å². The smallest absolute Gasteiger partial charge is 0.248 e. The monoisotopic (exact) mass is 296 g/mol. The molecule has 0 aliphatic heterocycles. The van der Waals surface area contributed by atoms with Crippen molar-refractivity contribution in [3.8, 4) is 0 Å². The number of rotatable bonds is 4. The van der Waals surface area contributed by atoms with Gasteiger partial charge in [-0.2, -0.15) is 0 Å². The standard InChI is InChI=1S/C11H14N2O2.3C2H6/c1-7(14)10(12)6-8-2-4-9(5-3-8)11(13)15;3*1-2/h2-5,10H,6,12H2,1H3,(H2,13,15);3*1-2H3. The third-order valence-electron chi connectivity index (χ3n) is 2.22. The van der Waals surface area contributed by atoms with E-state index in [1.54, 1.807) is 24.3 Å². The van der Waals surface area contributed by atoms with Crippen molar-refractivity contribution < 1.29 is 9.59 Å². The lowest BCUT2D eigenvalue weighted by molar-refractivity contribution is -0.118. The second-order valence-corrected chi connectivity index (χ2v) is 3.48. The highest BCUT2D eigenvalue weighted by molar-refractivity contribution is 5.92. The molecule has 1 aromatic rings. The molecule has 0 aliphatic carbocycles. The van der Waals surface area contributed by atoms with Crippen LogP contribution in [0.25, 0.3) is 0 Å². The van der Waals surface area contributed by atoms with Gasteiger partial charge in [0.2, 0.25) is 5.91 Å². The first-order valence-electron chi connectivity index (χ1n) is 7.65. The van der Waals surface area contributed by atoms with Crippen LogP contribution in [0.5, 0.6) is 0 Å². The quantitative estimate of drug-likeness (QED) is 0.893. The molecule has 1 unspecified atom stereocenters. The van der Waals surface area contributed by atoms with Crippen LogP contribution >= 0.6 is 0 Å². The van der Waals surface area contributed by atoms with Gasteiger partial charge in [0.1, 0.15) is 5.78 Å². The maximum absolute atomic E-state index is 10.9. The van der Waals surface area contributed by atoms with Gasteiger partial charge in [0.25, 0.3) is 0 Å². The summed E-state index contributed by atoms with van der Waals surface area (Å²) in [6.07, 6.45) is 0.481. The van der Waals surface area contributed by atoms with E-state index in [1.807, 2.05) is 41.5 Å². The molecule has 1 aromatic carbocycles. The van der Waals surface area contributed by atoms with Crippen LogP contribution in [0.4, 0.5) is 0 Å². The van der Waals surface area contributed by atoms with Crippen LogP contribution in [-0.2, 0) is 11.2 Å². The zero-order valence-corrected chi connectivity index (χ0v) is 14.6. The molecule has 122 valence electrons. The lowest BCUT2D eigenvalue weighted by Gasteiger charge is -2.07. The van der Waals surface area contributed by atoms with Crippen LogP contribution in [-0.4, -0.2) is 17.7 Å². The Balaban J connectivity index is -0.000000478. The van der Waals surface area contributed by atoms with E-state index in [1.165, 1.54) is 6.92 Å². The normalized spacial score (nSPS) is 9.52. The fraction of sp³-hybridized carbons (Fsp3) is 0.529. The summed E-state index contributed by atoms with van der Waals surface area (Å²) >= 11 is 0. The second kappa shape index (κ2) is 16.4. The van der Waals surface area contributed by atoms with E-state index in [0.29, 0.717) is 12.0 Å². The number of hydrogen-bond acceptors (Lipinski definition) is 3. The Kier molecular flexibility index (Phi) is 19.0. The van der Waals surface area contributed by atoms with Crippen molar-refractivity contribution in [3.05, 3.63) is 35.4 Å². The average Bonchev–Trinajstić information content (AvgIpc) is 2.53. The van der Waals surface area contributed by atoms with Gasteiger partial charge in [-0.25, -0.2) is 0 Å². The predicted octanol–water partition coefficient (Wildman–Crippen LogP) is 3.32. The van der Waals surface area contributed by atoms with Crippen molar-refractivity contribution in [1.82, 2.24) is 0 Å². The highest BCUT2D eigenvalue weighted by atomic mass is 16.1. The molecule has 21 heavy (non-hydrogen) atoms. The summed E-state index contributed by atoms with van der Waals surface area (Å²) in [6, 6.07) is 6.28. The molecule has 0 saturated carbocycles. The number of benzene rings is 1. The number of carbonyl (C=O) groups excluding carboxylic acids is 2. The average molecular weight is 296 g/mol. The molecule has 0 bridgehead atoms. The van der Waals surface area contributed by atoms with E-state index in [9.17, 15) is 9.59 Å². The number of nitrogens with two attached hydrogens (primary N) is 2. The minimum absolute atomic E-state index is 0.0472. The zero-order valence-electron chi connectivity index (χ0n) is 14.6. The molecule has 4 nitrogen and oxygen atoms in total. The van der Waals surface area contributed by atoms with E-state index in [4.69, 9.17) is 11.5 Å². The highest BCUT2D eigenvalue weighted by Gasteiger charge is 2.09. The fourth-order valence-electron chi connectivity index (χ4n) is 1.20. The van der Waals surface area contributed by atoms with E-state index < -0.39 is 11.9 Å². The molecular weight excluding hydrogens is 264 g/mol. The van der Waals surface area contributed by atoms with Gasteiger partial charge in [-0.3, -0.25) is 9.59 Å². The zero-order chi connectivity index (χ0) is 17.4. The largest absolute Gasteiger partial charge is 0.366 e. The molecule has 0 aliphatic rings. The highest BCUT2D eigenvalue weighted by Crippen LogP contribution is 2.06. The maximum Gasteiger partial charge on any atom is 0.248 e. The first-order chi connectivity index (χ1) is 10.0. The van der Waals surface area contributed by atoms with Gasteiger partial charge in [-0.1, -0.05) is 53.7 Å². The lowest BCUT2D eigenvalue weighted by atomic mass is 10.0.